The maximum atomic E-state index is 13.2. The Bertz CT molecular complexity index is 923. The van der Waals surface area contributed by atoms with Crippen molar-refractivity contribution < 1.29 is 14.3 Å². The van der Waals surface area contributed by atoms with Crippen molar-refractivity contribution in [3.63, 3.8) is 0 Å². The van der Waals surface area contributed by atoms with Crippen LogP contribution in [0.1, 0.15) is 37.7 Å². The minimum atomic E-state index is -0.904. The molecule has 0 amide bonds. The van der Waals surface area contributed by atoms with Gasteiger partial charge in [-0.15, -0.1) is 11.3 Å². The van der Waals surface area contributed by atoms with E-state index in [4.69, 9.17) is 5.11 Å². The molecule has 0 aliphatic heterocycles. The fraction of sp³-hybridized carbons (Fsp3) is 0.316. The highest BCUT2D eigenvalue weighted by molar-refractivity contribution is 7.13. The molecule has 1 aromatic carbocycles. The largest absolute Gasteiger partial charge is 0.481 e. The van der Waals surface area contributed by atoms with Crippen molar-refractivity contribution in [3.8, 4) is 10.6 Å². The maximum Gasteiger partial charge on any atom is 0.309 e. The molecule has 0 aliphatic rings. The average molecular weight is 373 g/mol. The lowest BCUT2D eigenvalue weighted by molar-refractivity contribution is -0.136. The van der Waals surface area contributed by atoms with Gasteiger partial charge in [0.15, 0.2) is 0 Å². The molecule has 0 saturated heterocycles. The molecule has 5 nitrogen and oxygen atoms in total. The number of benzene rings is 1. The zero-order chi connectivity index (χ0) is 18.9. The van der Waals surface area contributed by atoms with Crippen LogP contribution >= 0.6 is 11.3 Å². The number of aliphatic carboxylic acids is 1. The Labute approximate surface area is 155 Å². The number of hydrogen-bond donors (Lipinski definition) is 1. The van der Waals surface area contributed by atoms with Crippen molar-refractivity contribution in [1.82, 2.24) is 14.8 Å². The molecule has 0 radical (unpaired) electrons. The Balaban J connectivity index is 2.02. The molecule has 0 bridgehead atoms. The van der Waals surface area contributed by atoms with Crippen LogP contribution in [-0.4, -0.2) is 25.8 Å². The summed E-state index contributed by atoms with van der Waals surface area (Å²) in [4.78, 5) is 15.4. The lowest BCUT2D eigenvalue weighted by atomic mass is 10.0. The normalized spacial score (nSPS) is 11.7. The van der Waals surface area contributed by atoms with Crippen molar-refractivity contribution in [2.24, 2.45) is 0 Å². The van der Waals surface area contributed by atoms with Crippen molar-refractivity contribution in [3.05, 3.63) is 58.6 Å². The maximum absolute atomic E-state index is 13.2. The number of carboxylic acid groups (broad SMARTS) is 1. The van der Waals surface area contributed by atoms with Gasteiger partial charge in [-0.3, -0.25) is 9.48 Å². The standard InChI is InChI=1S/C19H20FN3O2S/c1-19(2,3)23-16(8-12-4-6-13(20)7-5-12)15(10-21-23)18-22-14(11-26-18)9-17(24)25/h4-7,10-11H,8-9H2,1-3H3,(H,24,25). The van der Waals surface area contributed by atoms with E-state index in [-0.39, 0.29) is 17.8 Å². The minimum Gasteiger partial charge on any atom is -0.481 e. The van der Waals surface area contributed by atoms with Gasteiger partial charge in [0.1, 0.15) is 10.8 Å². The minimum absolute atomic E-state index is 0.1000. The summed E-state index contributed by atoms with van der Waals surface area (Å²) in [5.41, 5.74) is 3.13. The summed E-state index contributed by atoms with van der Waals surface area (Å²) in [6.07, 6.45) is 2.26. The third kappa shape index (κ3) is 3.99. The van der Waals surface area contributed by atoms with Gasteiger partial charge in [-0.1, -0.05) is 12.1 Å². The molecule has 7 heteroatoms. The quantitative estimate of drug-likeness (QED) is 0.730. The fourth-order valence-electron chi connectivity index (χ4n) is 2.76. The zero-order valence-corrected chi connectivity index (χ0v) is 15.7. The van der Waals surface area contributed by atoms with Crippen LogP contribution in [0, 0.1) is 5.82 Å². The summed E-state index contributed by atoms with van der Waals surface area (Å²) in [5, 5.41) is 16.0. The molecule has 0 fully saturated rings. The third-order valence-electron chi connectivity index (χ3n) is 3.90. The Hall–Kier alpha value is -2.54. The molecule has 1 N–H and O–H groups in total. The van der Waals surface area contributed by atoms with Crippen LogP contribution in [0.15, 0.2) is 35.8 Å². The van der Waals surface area contributed by atoms with E-state index in [0.717, 1.165) is 21.8 Å². The number of thiazole rings is 1. The van der Waals surface area contributed by atoms with Crippen LogP contribution < -0.4 is 0 Å². The van der Waals surface area contributed by atoms with Gasteiger partial charge >= 0.3 is 5.97 Å². The Morgan fingerprint density at radius 2 is 1.96 bits per heavy atom. The predicted molar refractivity (Wildman–Crippen MR) is 98.9 cm³/mol. The lowest BCUT2D eigenvalue weighted by Gasteiger charge is -2.23. The van der Waals surface area contributed by atoms with Gasteiger partial charge in [0.2, 0.25) is 0 Å². The van der Waals surface area contributed by atoms with Gasteiger partial charge in [-0.25, -0.2) is 9.37 Å². The van der Waals surface area contributed by atoms with Gasteiger partial charge in [-0.2, -0.15) is 5.10 Å². The monoisotopic (exact) mass is 373 g/mol. The number of nitrogens with zero attached hydrogens (tertiary/aromatic N) is 3. The molecule has 0 unspecified atom stereocenters. The summed E-state index contributed by atoms with van der Waals surface area (Å²) in [6.45, 7) is 6.20. The lowest BCUT2D eigenvalue weighted by Crippen LogP contribution is -2.25. The van der Waals surface area contributed by atoms with Gasteiger partial charge in [0.25, 0.3) is 0 Å². The molecule has 3 rings (SSSR count). The third-order valence-corrected chi connectivity index (χ3v) is 4.83. The highest BCUT2D eigenvalue weighted by Crippen LogP contribution is 2.31. The smallest absolute Gasteiger partial charge is 0.309 e. The number of hydrogen-bond acceptors (Lipinski definition) is 4. The van der Waals surface area contributed by atoms with Crippen LogP contribution in [0.25, 0.3) is 10.6 Å². The number of carbonyl (C=O) groups is 1. The molecular formula is C19H20FN3O2S. The summed E-state index contributed by atoms with van der Waals surface area (Å²) < 4.78 is 15.2. The van der Waals surface area contributed by atoms with E-state index in [0.29, 0.717) is 12.1 Å². The van der Waals surface area contributed by atoms with Crippen LogP contribution in [-0.2, 0) is 23.2 Å². The molecule has 2 aromatic heterocycles. The first kappa shape index (κ1) is 18.3. The highest BCUT2D eigenvalue weighted by Gasteiger charge is 2.23. The molecule has 2 heterocycles. The first-order valence-electron chi connectivity index (χ1n) is 8.22. The van der Waals surface area contributed by atoms with E-state index in [1.165, 1.54) is 23.5 Å². The van der Waals surface area contributed by atoms with Crippen LogP contribution in [0.5, 0.6) is 0 Å². The van der Waals surface area contributed by atoms with Gasteiger partial charge in [0, 0.05) is 11.8 Å². The van der Waals surface area contributed by atoms with Crippen molar-refractivity contribution >= 4 is 17.3 Å². The van der Waals surface area contributed by atoms with Crippen molar-refractivity contribution in [2.75, 3.05) is 0 Å². The van der Waals surface area contributed by atoms with Crippen molar-refractivity contribution in [2.45, 2.75) is 39.2 Å². The summed E-state index contributed by atoms with van der Waals surface area (Å²) in [6, 6.07) is 6.41. The molecule has 0 saturated carbocycles. The summed E-state index contributed by atoms with van der Waals surface area (Å²) >= 11 is 1.41. The topological polar surface area (TPSA) is 68.0 Å². The second-order valence-electron chi connectivity index (χ2n) is 7.11. The number of halogens is 1. The molecule has 0 spiro atoms. The Morgan fingerprint density at radius 1 is 1.27 bits per heavy atom. The second-order valence-corrected chi connectivity index (χ2v) is 7.96. The first-order chi connectivity index (χ1) is 12.2. The summed E-state index contributed by atoms with van der Waals surface area (Å²) in [7, 11) is 0. The molecule has 0 atom stereocenters. The first-order valence-corrected chi connectivity index (χ1v) is 9.10. The van der Waals surface area contributed by atoms with E-state index in [9.17, 15) is 9.18 Å². The average Bonchev–Trinajstić information content (AvgIpc) is 3.15. The Morgan fingerprint density at radius 3 is 2.58 bits per heavy atom. The number of rotatable bonds is 5. The van der Waals surface area contributed by atoms with E-state index in [1.54, 1.807) is 23.7 Å². The molecule has 0 aliphatic carbocycles. The van der Waals surface area contributed by atoms with E-state index in [2.05, 4.69) is 30.9 Å². The van der Waals surface area contributed by atoms with Crippen molar-refractivity contribution in [1.29, 1.82) is 0 Å². The van der Waals surface area contributed by atoms with Gasteiger partial charge in [0.05, 0.1) is 35.1 Å². The van der Waals surface area contributed by atoms with E-state index >= 15 is 0 Å². The highest BCUT2D eigenvalue weighted by atomic mass is 32.1. The molecular weight excluding hydrogens is 353 g/mol. The van der Waals surface area contributed by atoms with Crippen LogP contribution in [0.4, 0.5) is 4.39 Å². The Kier molecular flexibility index (Phi) is 4.91. The number of carboxylic acids is 1. The SMILES string of the molecule is CC(C)(C)n1ncc(-c2nc(CC(=O)O)cs2)c1Cc1ccc(F)cc1. The van der Waals surface area contributed by atoms with Crippen LogP contribution in [0.3, 0.4) is 0 Å². The van der Waals surface area contributed by atoms with Gasteiger partial charge in [-0.05, 0) is 38.5 Å². The van der Waals surface area contributed by atoms with Crippen LogP contribution in [0.2, 0.25) is 0 Å². The molecule has 3 aromatic rings. The van der Waals surface area contributed by atoms with E-state index in [1.807, 2.05) is 4.68 Å². The summed E-state index contributed by atoms with van der Waals surface area (Å²) in [5.74, 6) is -1.17. The van der Waals surface area contributed by atoms with E-state index < -0.39 is 5.97 Å². The molecule has 26 heavy (non-hydrogen) atoms. The fourth-order valence-corrected chi connectivity index (χ4v) is 3.61. The predicted octanol–water partition coefficient (Wildman–Crippen LogP) is 4.12. The molecule has 136 valence electrons. The number of aromatic nitrogens is 3. The second kappa shape index (κ2) is 6.99. The zero-order valence-electron chi connectivity index (χ0n) is 14.9. The van der Waals surface area contributed by atoms with Gasteiger partial charge < -0.3 is 5.11 Å².